The van der Waals surface area contributed by atoms with Crippen LogP contribution in [0.4, 0.5) is 9.93 Å². The van der Waals surface area contributed by atoms with Gasteiger partial charge in [-0.15, -0.1) is 10.2 Å². The molecule has 2 rings (SSSR count). The highest BCUT2D eigenvalue weighted by Gasteiger charge is 2.27. The van der Waals surface area contributed by atoms with Gasteiger partial charge in [-0.05, 0) is 18.1 Å². The molecule has 0 saturated heterocycles. The minimum Gasteiger partial charge on any atom is -0.331 e. The van der Waals surface area contributed by atoms with Crippen molar-refractivity contribution in [2.45, 2.75) is 26.3 Å². The Bertz CT molecular complexity index is 780. The van der Waals surface area contributed by atoms with Crippen LogP contribution < -0.4 is 10.6 Å². The number of halogens is 1. The van der Waals surface area contributed by atoms with E-state index in [1.807, 2.05) is 26.0 Å². The Morgan fingerprint density at radius 2 is 2.04 bits per heavy atom. The van der Waals surface area contributed by atoms with Crippen LogP contribution in [0.25, 0.3) is 10.6 Å². The lowest BCUT2D eigenvalue weighted by Gasteiger charge is -2.24. The Morgan fingerprint density at radius 1 is 1.31 bits per heavy atom. The van der Waals surface area contributed by atoms with Crippen molar-refractivity contribution >= 4 is 40.0 Å². The summed E-state index contributed by atoms with van der Waals surface area (Å²) in [5, 5.41) is 15.2. The number of carbonyl (C=O) groups excluding carboxylic acids is 2. The van der Waals surface area contributed by atoms with Gasteiger partial charge in [-0.25, -0.2) is 4.79 Å². The maximum atomic E-state index is 12.6. The summed E-state index contributed by atoms with van der Waals surface area (Å²) in [4.78, 5) is 26.0. The number of hydrogen-bond donors (Lipinski definition) is 2. The summed E-state index contributed by atoms with van der Waals surface area (Å²) in [5.41, 5.74) is 0.829. The zero-order chi connectivity index (χ0) is 19.3. The van der Waals surface area contributed by atoms with E-state index in [0.717, 1.165) is 12.0 Å². The molecule has 0 radical (unpaired) electrons. The summed E-state index contributed by atoms with van der Waals surface area (Å²) in [7, 11) is 3.26. The summed E-state index contributed by atoms with van der Waals surface area (Å²) in [6.07, 6.45) is 0.746. The van der Waals surface area contributed by atoms with Gasteiger partial charge in [0.2, 0.25) is 11.0 Å². The van der Waals surface area contributed by atoms with Crippen LogP contribution in [0, 0.1) is 5.92 Å². The first-order chi connectivity index (χ1) is 12.3. The molecule has 2 aromatic rings. The van der Waals surface area contributed by atoms with E-state index in [2.05, 4.69) is 20.8 Å². The molecule has 0 unspecified atom stereocenters. The number of rotatable bonds is 6. The summed E-state index contributed by atoms with van der Waals surface area (Å²) < 4.78 is 0. The molecule has 0 bridgehead atoms. The monoisotopic (exact) mass is 395 g/mol. The number of benzene rings is 1. The van der Waals surface area contributed by atoms with Crippen molar-refractivity contribution in [2.24, 2.45) is 5.92 Å². The molecular weight excluding hydrogens is 374 g/mol. The molecule has 0 saturated carbocycles. The van der Waals surface area contributed by atoms with Gasteiger partial charge in [0.25, 0.3) is 0 Å². The summed E-state index contributed by atoms with van der Waals surface area (Å²) in [6, 6.07) is 6.28. The quantitative estimate of drug-likeness (QED) is 0.783. The van der Waals surface area contributed by atoms with E-state index in [9.17, 15) is 9.59 Å². The first kappa shape index (κ1) is 20.1. The number of anilines is 1. The van der Waals surface area contributed by atoms with Crippen molar-refractivity contribution in [1.29, 1.82) is 0 Å². The minimum absolute atomic E-state index is 0.0285. The Labute approximate surface area is 161 Å². The molecule has 140 valence electrons. The molecule has 9 heteroatoms. The van der Waals surface area contributed by atoms with E-state index in [1.54, 1.807) is 26.2 Å². The lowest BCUT2D eigenvalue weighted by atomic mass is 9.98. The molecule has 2 atom stereocenters. The molecule has 0 fully saturated rings. The molecule has 2 N–H and O–H groups in total. The fourth-order valence-electron chi connectivity index (χ4n) is 2.16. The van der Waals surface area contributed by atoms with E-state index in [1.165, 1.54) is 16.2 Å². The molecular formula is C17H22ClN5O2S. The molecule has 26 heavy (non-hydrogen) atoms. The third kappa shape index (κ3) is 5.15. The predicted molar refractivity (Wildman–Crippen MR) is 104 cm³/mol. The van der Waals surface area contributed by atoms with Crippen LogP contribution in [0.1, 0.15) is 20.3 Å². The Hall–Kier alpha value is -2.19. The highest BCUT2D eigenvalue weighted by atomic mass is 35.5. The Kier molecular flexibility index (Phi) is 6.93. The molecule has 0 aliphatic carbocycles. The van der Waals surface area contributed by atoms with Crippen LogP contribution in [0.5, 0.6) is 0 Å². The van der Waals surface area contributed by atoms with E-state index < -0.39 is 6.04 Å². The summed E-state index contributed by atoms with van der Waals surface area (Å²) in [5.74, 6) is -0.345. The van der Waals surface area contributed by atoms with Crippen molar-refractivity contribution in [3.05, 3.63) is 29.3 Å². The van der Waals surface area contributed by atoms with E-state index in [-0.39, 0.29) is 17.9 Å². The van der Waals surface area contributed by atoms with Gasteiger partial charge >= 0.3 is 6.03 Å². The molecule has 0 spiro atoms. The predicted octanol–water partition coefficient (Wildman–Crippen LogP) is 3.48. The fourth-order valence-corrected chi connectivity index (χ4v) is 3.09. The molecule has 1 aromatic heterocycles. The highest BCUT2D eigenvalue weighted by molar-refractivity contribution is 7.18. The number of aromatic nitrogens is 2. The number of amides is 3. The second-order valence-electron chi connectivity index (χ2n) is 6.12. The average Bonchev–Trinajstić information content (AvgIpc) is 3.07. The number of urea groups is 1. The minimum atomic E-state index is -0.659. The van der Waals surface area contributed by atoms with Gasteiger partial charge in [0, 0.05) is 24.7 Å². The van der Waals surface area contributed by atoms with Gasteiger partial charge in [-0.2, -0.15) is 0 Å². The van der Waals surface area contributed by atoms with Crippen LogP contribution in [0.3, 0.4) is 0 Å². The van der Waals surface area contributed by atoms with Crippen molar-refractivity contribution in [2.75, 3.05) is 19.4 Å². The van der Waals surface area contributed by atoms with Gasteiger partial charge < -0.3 is 10.2 Å². The molecule has 1 heterocycles. The number of hydrogen-bond acceptors (Lipinski definition) is 5. The first-order valence-corrected chi connectivity index (χ1v) is 9.39. The topological polar surface area (TPSA) is 87.2 Å². The lowest BCUT2D eigenvalue weighted by Crippen LogP contribution is -2.50. The molecule has 0 aliphatic heterocycles. The van der Waals surface area contributed by atoms with Crippen molar-refractivity contribution < 1.29 is 9.59 Å². The van der Waals surface area contributed by atoms with E-state index in [0.29, 0.717) is 15.2 Å². The standard InChI is InChI=1S/C17H22ClN5O2S/c1-5-10(2)13(19-17(25)23(3)4)14(24)20-16-22-21-15(26-16)11-7-6-8-12(18)9-11/h6-10,13H,5H2,1-4H3,(H,19,25)(H,20,22,24)/t10-,13-/m1/s1. The number of carbonyl (C=O) groups is 2. The molecule has 7 nitrogen and oxygen atoms in total. The second-order valence-corrected chi connectivity index (χ2v) is 7.53. The smallest absolute Gasteiger partial charge is 0.317 e. The third-order valence-corrected chi connectivity index (χ3v) is 5.03. The van der Waals surface area contributed by atoms with Crippen LogP contribution >= 0.6 is 22.9 Å². The maximum absolute atomic E-state index is 12.6. The SMILES string of the molecule is CC[C@@H](C)[C@@H](NC(=O)N(C)C)C(=O)Nc1nnc(-c2cccc(Cl)c2)s1. The third-order valence-electron chi connectivity index (χ3n) is 3.91. The second kappa shape index (κ2) is 8.95. The van der Waals surface area contributed by atoms with Crippen molar-refractivity contribution in [3.8, 4) is 10.6 Å². The Balaban J connectivity index is 2.12. The fraction of sp³-hybridized carbons (Fsp3) is 0.412. The van der Waals surface area contributed by atoms with Gasteiger partial charge in [-0.3, -0.25) is 10.1 Å². The molecule has 0 aliphatic rings. The Morgan fingerprint density at radius 3 is 2.65 bits per heavy atom. The van der Waals surface area contributed by atoms with Gasteiger partial charge in [0.05, 0.1) is 0 Å². The van der Waals surface area contributed by atoms with Gasteiger partial charge in [-0.1, -0.05) is 55.3 Å². The van der Waals surface area contributed by atoms with Gasteiger partial charge in [0.15, 0.2) is 0 Å². The zero-order valence-corrected chi connectivity index (χ0v) is 16.7. The first-order valence-electron chi connectivity index (χ1n) is 8.20. The van der Waals surface area contributed by atoms with Crippen LogP contribution in [0.2, 0.25) is 5.02 Å². The van der Waals surface area contributed by atoms with Crippen LogP contribution in [-0.2, 0) is 4.79 Å². The number of nitrogens with one attached hydrogen (secondary N) is 2. The highest BCUT2D eigenvalue weighted by Crippen LogP contribution is 2.28. The van der Waals surface area contributed by atoms with Crippen LogP contribution in [-0.4, -0.2) is 47.2 Å². The lowest BCUT2D eigenvalue weighted by molar-refractivity contribution is -0.119. The van der Waals surface area contributed by atoms with Gasteiger partial charge in [0.1, 0.15) is 11.0 Å². The average molecular weight is 396 g/mol. The number of nitrogens with zero attached hydrogens (tertiary/aromatic N) is 3. The normalized spacial score (nSPS) is 13.0. The largest absolute Gasteiger partial charge is 0.331 e. The molecule has 3 amide bonds. The van der Waals surface area contributed by atoms with Crippen LogP contribution in [0.15, 0.2) is 24.3 Å². The van der Waals surface area contributed by atoms with E-state index in [4.69, 9.17) is 11.6 Å². The zero-order valence-electron chi connectivity index (χ0n) is 15.1. The van der Waals surface area contributed by atoms with Crippen molar-refractivity contribution in [1.82, 2.24) is 20.4 Å². The summed E-state index contributed by atoms with van der Waals surface area (Å²) in [6.45, 7) is 3.88. The maximum Gasteiger partial charge on any atom is 0.317 e. The summed E-state index contributed by atoms with van der Waals surface area (Å²) >= 11 is 7.24. The molecule has 1 aromatic carbocycles. The van der Waals surface area contributed by atoms with Crippen molar-refractivity contribution in [3.63, 3.8) is 0 Å². The van der Waals surface area contributed by atoms with E-state index >= 15 is 0 Å².